The molecule has 0 aliphatic carbocycles. The van der Waals surface area contributed by atoms with Crippen molar-refractivity contribution in [3.8, 4) is 0 Å². The lowest BCUT2D eigenvalue weighted by Gasteiger charge is -2.44. The highest BCUT2D eigenvalue weighted by molar-refractivity contribution is 4.92. The van der Waals surface area contributed by atoms with Crippen molar-refractivity contribution in [1.29, 1.82) is 0 Å². The summed E-state index contributed by atoms with van der Waals surface area (Å²) < 4.78 is 23.8. The molecule has 1 fully saturated rings. The van der Waals surface area contributed by atoms with E-state index in [0.29, 0.717) is 19.8 Å². The van der Waals surface area contributed by atoms with E-state index in [1.807, 2.05) is 0 Å². The zero-order valence-corrected chi connectivity index (χ0v) is 17.6. The van der Waals surface area contributed by atoms with Crippen LogP contribution in [-0.4, -0.2) is 67.3 Å². The van der Waals surface area contributed by atoms with Gasteiger partial charge in [0.15, 0.2) is 6.29 Å². The number of rotatable bonds is 16. The fourth-order valence-corrected chi connectivity index (χ4v) is 3.33. The van der Waals surface area contributed by atoms with Crippen LogP contribution in [0.4, 0.5) is 0 Å². The molecule has 0 saturated carbocycles. The molecular formula is C21H42O6. The lowest BCUT2D eigenvalue weighted by atomic mass is 9.98. The standard InChI is InChI=1S/C21H42O6/c1-4-7-10-13-24-18-17(16-22)27-21(23)20(26-15-12-9-6-3)19(18)25-14-11-8-5-2/h17-23H,4-16H2,1-3H3/t17-,18-,19+,20-,21+/m1/s1. The molecule has 1 rings (SSSR count). The highest BCUT2D eigenvalue weighted by atomic mass is 16.7. The van der Waals surface area contributed by atoms with Gasteiger partial charge in [0.2, 0.25) is 0 Å². The Labute approximate surface area is 165 Å². The molecule has 0 amide bonds. The summed E-state index contributed by atoms with van der Waals surface area (Å²) in [4.78, 5) is 0. The molecule has 1 aliphatic rings. The van der Waals surface area contributed by atoms with Gasteiger partial charge in [-0.3, -0.25) is 0 Å². The quantitative estimate of drug-likeness (QED) is 0.393. The molecule has 27 heavy (non-hydrogen) atoms. The van der Waals surface area contributed by atoms with E-state index >= 15 is 0 Å². The predicted molar refractivity (Wildman–Crippen MR) is 106 cm³/mol. The van der Waals surface area contributed by atoms with E-state index < -0.39 is 30.7 Å². The maximum atomic E-state index is 10.4. The molecular weight excluding hydrogens is 348 g/mol. The molecule has 2 N–H and O–H groups in total. The highest BCUT2D eigenvalue weighted by Gasteiger charge is 2.47. The SMILES string of the molecule is CCCCCO[C@@H]1[C@@H](OCCCCC)[C@@H](O)O[C@H](CO)[C@H]1OCCCCC. The van der Waals surface area contributed by atoms with Crippen LogP contribution >= 0.6 is 0 Å². The smallest absolute Gasteiger partial charge is 0.184 e. The topological polar surface area (TPSA) is 77.4 Å². The maximum Gasteiger partial charge on any atom is 0.184 e. The fraction of sp³-hybridized carbons (Fsp3) is 1.00. The number of hydrogen-bond acceptors (Lipinski definition) is 6. The van der Waals surface area contributed by atoms with Crippen LogP contribution in [0.15, 0.2) is 0 Å². The van der Waals surface area contributed by atoms with Crippen molar-refractivity contribution in [1.82, 2.24) is 0 Å². The molecule has 6 nitrogen and oxygen atoms in total. The molecule has 0 aromatic rings. The van der Waals surface area contributed by atoms with Crippen molar-refractivity contribution in [3.63, 3.8) is 0 Å². The van der Waals surface area contributed by atoms with Gasteiger partial charge in [-0.25, -0.2) is 0 Å². The van der Waals surface area contributed by atoms with Gasteiger partial charge in [0, 0.05) is 19.8 Å². The summed E-state index contributed by atoms with van der Waals surface area (Å²) >= 11 is 0. The van der Waals surface area contributed by atoms with Crippen molar-refractivity contribution in [2.75, 3.05) is 26.4 Å². The number of aliphatic hydroxyl groups excluding tert-OH is 2. The van der Waals surface area contributed by atoms with Crippen LogP contribution in [0.1, 0.15) is 78.6 Å². The lowest BCUT2D eigenvalue weighted by molar-refractivity contribution is -0.310. The van der Waals surface area contributed by atoms with E-state index in [2.05, 4.69) is 20.8 Å². The second-order valence-electron chi connectivity index (χ2n) is 7.38. The summed E-state index contributed by atoms with van der Waals surface area (Å²) in [6.07, 6.45) is 6.29. The minimum atomic E-state index is -1.12. The van der Waals surface area contributed by atoms with Gasteiger partial charge in [-0.1, -0.05) is 59.3 Å². The van der Waals surface area contributed by atoms with Crippen molar-refractivity contribution >= 4 is 0 Å². The molecule has 0 unspecified atom stereocenters. The van der Waals surface area contributed by atoms with E-state index in [4.69, 9.17) is 18.9 Å². The molecule has 0 aromatic heterocycles. The van der Waals surface area contributed by atoms with Crippen molar-refractivity contribution in [2.24, 2.45) is 0 Å². The van der Waals surface area contributed by atoms with Crippen LogP contribution in [0.5, 0.6) is 0 Å². The second kappa shape index (κ2) is 15.7. The summed E-state index contributed by atoms with van der Waals surface area (Å²) in [6.45, 7) is 7.96. The first-order valence-electron chi connectivity index (χ1n) is 11.0. The Balaban J connectivity index is 2.75. The lowest BCUT2D eigenvalue weighted by Crippen LogP contribution is -2.61. The highest BCUT2D eigenvalue weighted by Crippen LogP contribution is 2.28. The molecule has 5 atom stereocenters. The molecule has 6 heteroatoms. The average molecular weight is 391 g/mol. The van der Waals surface area contributed by atoms with Crippen molar-refractivity contribution in [2.45, 2.75) is 109 Å². The first kappa shape index (κ1) is 24.8. The summed E-state index contributed by atoms with van der Waals surface area (Å²) in [5.41, 5.74) is 0. The molecule has 162 valence electrons. The Hall–Kier alpha value is -0.240. The average Bonchev–Trinajstić information content (AvgIpc) is 2.67. The van der Waals surface area contributed by atoms with E-state index in [1.165, 1.54) is 0 Å². The Kier molecular flexibility index (Phi) is 14.4. The zero-order chi connectivity index (χ0) is 19.9. The summed E-state index contributed by atoms with van der Waals surface area (Å²) in [5, 5.41) is 20.2. The number of unbranched alkanes of at least 4 members (excludes halogenated alkanes) is 6. The second-order valence-corrected chi connectivity index (χ2v) is 7.38. The van der Waals surface area contributed by atoms with Crippen LogP contribution in [0.2, 0.25) is 0 Å². The predicted octanol–water partition coefficient (Wildman–Crippen LogP) is 3.42. The number of ether oxygens (including phenoxy) is 4. The van der Waals surface area contributed by atoms with Gasteiger partial charge in [-0.05, 0) is 19.3 Å². The molecule has 1 heterocycles. The van der Waals surface area contributed by atoms with E-state index in [9.17, 15) is 10.2 Å². The van der Waals surface area contributed by atoms with Gasteiger partial charge in [0.25, 0.3) is 0 Å². The summed E-state index contributed by atoms with van der Waals surface area (Å²) in [7, 11) is 0. The monoisotopic (exact) mass is 390 g/mol. The minimum absolute atomic E-state index is 0.215. The first-order chi connectivity index (χ1) is 13.2. The molecule has 1 aliphatic heterocycles. The van der Waals surface area contributed by atoms with Crippen molar-refractivity contribution in [3.05, 3.63) is 0 Å². The van der Waals surface area contributed by atoms with Gasteiger partial charge >= 0.3 is 0 Å². The van der Waals surface area contributed by atoms with Crippen LogP contribution < -0.4 is 0 Å². The Morgan fingerprint density at radius 1 is 0.667 bits per heavy atom. The van der Waals surface area contributed by atoms with Gasteiger partial charge in [-0.2, -0.15) is 0 Å². The summed E-state index contributed by atoms with van der Waals surface area (Å²) in [5.74, 6) is 0. The van der Waals surface area contributed by atoms with Gasteiger partial charge in [0.1, 0.15) is 24.4 Å². The van der Waals surface area contributed by atoms with Crippen LogP contribution in [0.3, 0.4) is 0 Å². The van der Waals surface area contributed by atoms with Crippen LogP contribution in [0.25, 0.3) is 0 Å². The molecule has 1 saturated heterocycles. The maximum absolute atomic E-state index is 10.4. The molecule has 0 aromatic carbocycles. The Morgan fingerprint density at radius 2 is 1.11 bits per heavy atom. The molecule has 0 radical (unpaired) electrons. The van der Waals surface area contributed by atoms with Crippen LogP contribution in [0, 0.1) is 0 Å². The third-order valence-corrected chi connectivity index (χ3v) is 4.96. The van der Waals surface area contributed by atoms with Gasteiger partial charge in [0.05, 0.1) is 6.61 Å². The fourth-order valence-electron chi connectivity index (χ4n) is 3.33. The number of hydrogen-bond donors (Lipinski definition) is 2. The molecule has 0 spiro atoms. The summed E-state index contributed by atoms with van der Waals surface area (Å²) in [6, 6.07) is 0. The Morgan fingerprint density at radius 3 is 1.56 bits per heavy atom. The normalized spacial score (nSPS) is 28.6. The van der Waals surface area contributed by atoms with Crippen LogP contribution in [-0.2, 0) is 18.9 Å². The zero-order valence-electron chi connectivity index (χ0n) is 17.6. The Bertz CT molecular complexity index is 341. The van der Waals surface area contributed by atoms with Gasteiger partial charge < -0.3 is 29.2 Å². The van der Waals surface area contributed by atoms with Gasteiger partial charge in [-0.15, -0.1) is 0 Å². The first-order valence-corrected chi connectivity index (χ1v) is 11.0. The molecule has 0 bridgehead atoms. The van der Waals surface area contributed by atoms with E-state index in [-0.39, 0.29) is 6.61 Å². The van der Waals surface area contributed by atoms with E-state index in [0.717, 1.165) is 57.8 Å². The number of aliphatic hydroxyl groups is 2. The third kappa shape index (κ3) is 9.20. The largest absolute Gasteiger partial charge is 0.394 e. The van der Waals surface area contributed by atoms with E-state index in [1.54, 1.807) is 0 Å². The third-order valence-electron chi connectivity index (χ3n) is 4.96. The van der Waals surface area contributed by atoms with Crippen molar-refractivity contribution < 1.29 is 29.2 Å². The minimum Gasteiger partial charge on any atom is -0.394 e.